The van der Waals surface area contributed by atoms with Crippen LogP contribution in [-0.2, 0) is 19.1 Å². The Balaban J connectivity index is 1.44. The number of anilines is 1. The van der Waals surface area contributed by atoms with E-state index in [1.54, 1.807) is 13.0 Å². The van der Waals surface area contributed by atoms with Gasteiger partial charge in [0.05, 0.1) is 23.4 Å². The van der Waals surface area contributed by atoms with Crippen molar-refractivity contribution in [2.24, 2.45) is 22.7 Å². The van der Waals surface area contributed by atoms with Gasteiger partial charge in [-0.1, -0.05) is 51.1 Å². The van der Waals surface area contributed by atoms with Gasteiger partial charge in [-0.05, 0) is 85.1 Å². The maximum absolute atomic E-state index is 14.0. The number of amidine groups is 1. The molecule has 2 heterocycles. The predicted molar refractivity (Wildman–Crippen MR) is 210 cm³/mol. The van der Waals surface area contributed by atoms with Crippen LogP contribution < -0.4 is 10.6 Å². The second-order valence-corrected chi connectivity index (χ2v) is 15.2. The Bertz CT molecular complexity index is 2120. The van der Waals surface area contributed by atoms with Crippen LogP contribution in [0.3, 0.4) is 0 Å². The van der Waals surface area contributed by atoms with Crippen molar-refractivity contribution in [2.45, 2.75) is 71.3 Å². The predicted octanol–water partition coefficient (Wildman–Crippen LogP) is 7.96. The lowest BCUT2D eigenvalue weighted by Crippen LogP contribution is -2.40. The summed E-state index contributed by atoms with van der Waals surface area (Å²) in [6.45, 7) is 17.3. The van der Waals surface area contributed by atoms with Crippen LogP contribution in [0.1, 0.15) is 86.7 Å². The Hall–Kier alpha value is -5.94. The summed E-state index contributed by atoms with van der Waals surface area (Å²) in [6.07, 6.45) is 3.53. The van der Waals surface area contributed by atoms with E-state index in [1.807, 2.05) is 30.3 Å². The van der Waals surface area contributed by atoms with Gasteiger partial charge in [0.2, 0.25) is 17.5 Å². The maximum Gasteiger partial charge on any atom is 0.342 e. The number of nitrogens with zero attached hydrogens (tertiary/aromatic N) is 2. The first-order chi connectivity index (χ1) is 26.2. The Kier molecular flexibility index (Phi) is 12.8. The monoisotopic (exact) mass is 765 g/mol. The van der Waals surface area contributed by atoms with E-state index in [4.69, 9.17) is 16.3 Å². The fourth-order valence-electron chi connectivity index (χ4n) is 7.23. The summed E-state index contributed by atoms with van der Waals surface area (Å²) < 4.78 is 6.17. The summed E-state index contributed by atoms with van der Waals surface area (Å²) in [5.41, 5.74) is 2.50. The van der Waals surface area contributed by atoms with Crippen molar-refractivity contribution in [2.75, 3.05) is 11.1 Å². The highest BCUT2D eigenvalue weighted by Gasteiger charge is 2.37. The molecule has 5 N–H and O–H groups in total. The number of aliphatic imine (C=N–C) groups is 1. The lowest BCUT2D eigenvalue weighted by atomic mass is 9.75. The van der Waals surface area contributed by atoms with Crippen molar-refractivity contribution < 1.29 is 38.9 Å². The topological polar surface area (TPSA) is 192 Å². The number of benzene rings is 2. The van der Waals surface area contributed by atoms with E-state index in [0.29, 0.717) is 51.1 Å². The highest BCUT2D eigenvalue weighted by molar-refractivity contribution is 7.99. The van der Waals surface area contributed by atoms with Crippen LogP contribution in [0.25, 0.3) is 22.0 Å². The smallest absolute Gasteiger partial charge is 0.342 e. The van der Waals surface area contributed by atoms with Crippen LogP contribution in [0.2, 0.25) is 0 Å². The average Bonchev–Trinajstić information content (AvgIpc) is 3.62. The third-order valence-corrected chi connectivity index (χ3v) is 10.6. The Labute approximate surface area is 323 Å². The maximum atomic E-state index is 14.0. The van der Waals surface area contributed by atoms with E-state index in [0.717, 1.165) is 18.9 Å². The largest absolute Gasteiger partial charge is 0.478 e. The van der Waals surface area contributed by atoms with Gasteiger partial charge in [-0.25, -0.2) is 24.2 Å². The number of carbonyl (C=O) groups excluding carboxylic acids is 3. The number of aromatic nitrogens is 1. The van der Waals surface area contributed by atoms with Crippen LogP contribution in [0.15, 0.2) is 75.3 Å². The van der Waals surface area contributed by atoms with Gasteiger partial charge in [0.15, 0.2) is 0 Å². The van der Waals surface area contributed by atoms with Gasteiger partial charge in [0.25, 0.3) is 0 Å². The lowest BCUT2D eigenvalue weighted by molar-refractivity contribution is -0.152. The number of allylic oxidation sites excluding steroid dienone is 1. The van der Waals surface area contributed by atoms with Crippen LogP contribution in [0.4, 0.5) is 11.5 Å². The van der Waals surface area contributed by atoms with Gasteiger partial charge >= 0.3 is 17.9 Å². The minimum absolute atomic E-state index is 0.0225. The molecule has 286 valence electrons. The van der Waals surface area contributed by atoms with Gasteiger partial charge in [0.1, 0.15) is 23.3 Å². The first-order valence-electron chi connectivity index (χ1n) is 17.9. The zero-order valence-corrected chi connectivity index (χ0v) is 32.0. The molecule has 2 amide bonds. The van der Waals surface area contributed by atoms with E-state index < -0.39 is 23.8 Å². The van der Waals surface area contributed by atoms with Crippen molar-refractivity contribution in [3.8, 4) is 11.1 Å². The second kappa shape index (κ2) is 17.5. The number of aromatic amines is 1. The number of amides is 2. The molecule has 1 aliphatic heterocycles. The van der Waals surface area contributed by atoms with Crippen LogP contribution in [0, 0.1) is 24.3 Å². The molecule has 5 rings (SSSR count). The first kappa shape index (κ1) is 40.2. The van der Waals surface area contributed by atoms with Crippen LogP contribution >= 0.6 is 11.8 Å². The van der Waals surface area contributed by atoms with E-state index in [9.17, 15) is 34.2 Å². The molecule has 1 fully saturated rings. The molecule has 14 heteroatoms. The number of carbonyl (C=O) groups is 5. The van der Waals surface area contributed by atoms with E-state index in [2.05, 4.69) is 41.2 Å². The molecule has 55 heavy (non-hydrogen) atoms. The van der Waals surface area contributed by atoms with Crippen LogP contribution in [0.5, 0.6) is 0 Å². The quantitative estimate of drug-likeness (QED) is 0.0527. The number of hydrogen-bond donors (Lipinski definition) is 5. The van der Waals surface area contributed by atoms with E-state index in [1.165, 1.54) is 30.8 Å². The van der Waals surface area contributed by atoms with Crippen LogP contribution in [-0.4, -0.2) is 62.6 Å². The molecule has 0 saturated heterocycles. The van der Waals surface area contributed by atoms with E-state index in [-0.39, 0.29) is 64.3 Å². The molecule has 1 aliphatic carbocycles. The SMILES string of the molecule is [C-]#[N+]c1c(NC(C)=O)[nH]c(C=C2N=C(NC(=O)CCCSc3cc(C(=O)O)cc(C(=O)O)c3)C(C(=O)OC3C(C)CC(C)CC3C)=C2C)c1-c1ccccc1. The minimum Gasteiger partial charge on any atom is -0.478 e. The summed E-state index contributed by atoms with van der Waals surface area (Å²) in [6, 6.07) is 13.0. The normalized spacial score (nSPS) is 20.1. The number of ether oxygens (including phenoxy) is 1. The molecule has 2 aromatic carbocycles. The molecule has 2 atom stereocenters. The number of nitrogens with one attached hydrogen (secondary N) is 3. The first-order valence-corrected chi connectivity index (χ1v) is 18.9. The van der Waals surface area contributed by atoms with E-state index >= 15 is 0 Å². The number of rotatable bonds is 12. The van der Waals surface area contributed by atoms with Crippen molar-refractivity contribution in [1.82, 2.24) is 10.3 Å². The number of hydrogen-bond acceptors (Lipinski definition) is 8. The molecular formula is C41H43N5O8S. The number of H-pyrrole nitrogens is 1. The molecular weight excluding hydrogens is 723 g/mol. The fraction of sp³-hybridized carbons (Fsp3) is 0.341. The number of carboxylic acid groups (broad SMARTS) is 2. The van der Waals surface area contributed by atoms with Gasteiger partial charge in [-0.15, -0.1) is 11.8 Å². The second-order valence-electron chi connectivity index (χ2n) is 14.0. The Morgan fingerprint density at radius 3 is 2.22 bits per heavy atom. The van der Waals surface area contributed by atoms with Crippen molar-refractivity contribution >= 4 is 64.9 Å². The molecule has 1 aromatic heterocycles. The highest BCUT2D eigenvalue weighted by Crippen LogP contribution is 2.42. The molecule has 1 saturated carbocycles. The van der Waals surface area contributed by atoms with Crippen molar-refractivity contribution in [3.05, 3.63) is 93.6 Å². The standard InChI is InChI=1S/C41H43N5O8S/c1-21-15-22(2)36(23(3)16-21)54-41(53)33-24(4)30(20-31-34(26-11-8-7-9-12-26)35(42-6)38(45-31)43-25(5)47)44-37(33)46-32(48)13-10-14-55-29-18-27(39(49)50)17-28(19-29)40(51)52/h7-9,11-12,17-23,36,45H,10,13-16H2,1-5H3,(H,43,47)(H,49,50)(H,51,52)(H,44,46,48). The Morgan fingerprint density at radius 1 is 1.00 bits per heavy atom. The fourth-order valence-corrected chi connectivity index (χ4v) is 8.18. The van der Waals surface area contributed by atoms with Gasteiger partial charge in [-0.3, -0.25) is 9.59 Å². The number of esters is 1. The lowest BCUT2D eigenvalue weighted by Gasteiger charge is -2.37. The molecule has 3 aromatic rings. The zero-order chi connectivity index (χ0) is 40.0. The van der Waals surface area contributed by atoms with Crippen molar-refractivity contribution in [3.63, 3.8) is 0 Å². The summed E-state index contributed by atoms with van der Waals surface area (Å²) in [5.74, 6) is -2.53. The summed E-state index contributed by atoms with van der Waals surface area (Å²) in [7, 11) is 0. The molecule has 2 aliphatic rings. The highest BCUT2D eigenvalue weighted by atomic mass is 32.2. The summed E-state index contributed by atoms with van der Waals surface area (Å²) in [5, 5.41) is 24.3. The summed E-state index contributed by atoms with van der Waals surface area (Å²) >= 11 is 1.22. The molecule has 2 unspecified atom stereocenters. The molecule has 0 radical (unpaired) electrons. The zero-order valence-electron chi connectivity index (χ0n) is 31.2. The third kappa shape index (κ3) is 9.60. The Morgan fingerprint density at radius 2 is 1.64 bits per heavy atom. The average molecular weight is 766 g/mol. The number of carboxylic acids is 2. The molecule has 13 nitrogen and oxygen atoms in total. The van der Waals surface area contributed by atoms with Gasteiger partial charge < -0.3 is 30.6 Å². The minimum atomic E-state index is -1.25. The number of aromatic carboxylic acids is 2. The van der Waals surface area contributed by atoms with Gasteiger partial charge in [0, 0.05) is 29.5 Å². The van der Waals surface area contributed by atoms with Gasteiger partial charge in [-0.2, -0.15) is 0 Å². The van der Waals surface area contributed by atoms with Crippen molar-refractivity contribution in [1.29, 1.82) is 0 Å². The summed E-state index contributed by atoms with van der Waals surface area (Å²) in [4.78, 5) is 74.5. The molecule has 0 bridgehead atoms. The molecule has 0 spiro atoms. The third-order valence-electron chi connectivity index (χ3n) is 9.58. The number of thioether (sulfide) groups is 1.